The Morgan fingerprint density at radius 3 is 2.44 bits per heavy atom. The van der Waals surface area contributed by atoms with Crippen molar-refractivity contribution in [1.82, 2.24) is 15.2 Å². The number of furan rings is 1. The van der Waals surface area contributed by atoms with Gasteiger partial charge in [0.15, 0.2) is 17.3 Å². The Labute approximate surface area is 247 Å². The van der Waals surface area contributed by atoms with Crippen LogP contribution in [0.4, 0.5) is 14.5 Å². The van der Waals surface area contributed by atoms with Gasteiger partial charge in [0.05, 0.1) is 17.5 Å². The quantitative estimate of drug-likeness (QED) is 0.272. The third-order valence-corrected chi connectivity index (χ3v) is 9.23. The summed E-state index contributed by atoms with van der Waals surface area (Å²) >= 11 is 0. The van der Waals surface area contributed by atoms with Gasteiger partial charge in [0.2, 0.25) is 10.0 Å². The van der Waals surface area contributed by atoms with Crippen molar-refractivity contribution in [2.75, 3.05) is 44.8 Å². The molecule has 1 N–H and O–H groups in total. The van der Waals surface area contributed by atoms with Crippen LogP contribution < -0.4 is 9.62 Å². The van der Waals surface area contributed by atoms with Crippen molar-refractivity contribution in [3.63, 3.8) is 0 Å². The molecule has 12 heteroatoms. The fourth-order valence-corrected chi connectivity index (χ4v) is 6.43. The summed E-state index contributed by atoms with van der Waals surface area (Å²) in [7, 11) is 1.24. The van der Waals surface area contributed by atoms with Gasteiger partial charge in [-0.2, -0.15) is 0 Å². The molecule has 1 fully saturated rings. The summed E-state index contributed by atoms with van der Waals surface area (Å²) in [6.07, 6.45) is 1.65. The molecule has 224 valence electrons. The van der Waals surface area contributed by atoms with E-state index in [-0.39, 0.29) is 28.7 Å². The third kappa shape index (κ3) is 5.25. The molecule has 3 heterocycles. The van der Waals surface area contributed by atoms with E-state index in [9.17, 15) is 22.0 Å². The van der Waals surface area contributed by atoms with Gasteiger partial charge in [-0.05, 0) is 67.4 Å². The number of fused-ring (bicyclic) bond motifs is 2. The number of benzene rings is 3. The first kappa shape index (κ1) is 28.8. The van der Waals surface area contributed by atoms with E-state index in [1.165, 1.54) is 48.7 Å². The molecule has 6 rings (SSSR count). The Morgan fingerprint density at radius 2 is 1.77 bits per heavy atom. The van der Waals surface area contributed by atoms with Crippen molar-refractivity contribution in [2.24, 2.45) is 0 Å². The number of hydrogen-bond donors (Lipinski definition) is 1. The lowest BCUT2D eigenvalue weighted by atomic mass is 9.83. The van der Waals surface area contributed by atoms with Crippen LogP contribution in [-0.2, 0) is 10.0 Å². The van der Waals surface area contributed by atoms with Gasteiger partial charge in [0.1, 0.15) is 22.7 Å². The van der Waals surface area contributed by atoms with Crippen LogP contribution in [0.25, 0.3) is 33.4 Å². The van der Waals surface area contributed by atoms with E-state index in [0.717, 1.165) is 6.26 Å². The number of halogens is 2. The molecule has 43 heavy (non-hydrogen) atoms. The third-order valence-electron chi connectivity index (χ3n) is 8.04. The summed E-state index contributed by atoms with van der Waals surface area (Å²) in [5.74, 6) is -1.07. The van der Waals surface area contributed by atoms with Gasteiger partial charge in [0.25, 0.3) is 5.91 Å². The highest BCUT2D eigenvalue weighted by molar-refractivity contribution is 7.92. The molecular weight excluding hydrogens is 578 g/mol. The van der Waals surface area contributed by atoms with Crippen LogP contribution in [-0.4, -0.2) is 64.7 Å². The number of nitrogens with zero attached hydrogens (tertiary/aromatic N) is 3. The number of likely N-dealkylation sites (N-methyl/N-ethyl adjacent to an activating group) is 1. The van der Waals surface area contributed by atoms with Crippen molar-refractivity contribution in [3.8, 4) is 11.3 Å². The first-order valence-corrected chi connectivity index (χ1v) is 15.5. The molecule has 1 amide bonds. The number of piperidine rings is 1. The summed E-state index contributed by atoms with van der Waals surface area (Å²) in [5, 5.41) is 3.15. The molecule has 0 saturated carbocycles. The van der Waals surface area contributed by atoms with Gasteiger partial charge in [-0.3, -0.25) is 9.10 Å². The molecule has 2 atom stereocenters. The van der Waals surface area contributed by atoms with Gasteiger partial charge >= 0.3 is 0 Å². The summed E-state index contributed by atoms with van der Waals surface area (Å²) in [6.45, 7) is 1.19. The van der Waals surface area contributed by atoms with Crippen molar-refractivity contribution < 1.29 is 30.8 Å². The number of carbonyl (C=O) groups is 1. The fraction of sp³-hybridized carbons (Fsp3) is 0.290. The van der Waals surface area contributed by atoms with Crippen molar-refractivity contribution in [3.05, 3.63) is 83.2 Å². The molecule has 5 aromatic rings. The number of rotatable bonds is 6. The molecule has 1 aliphatic rings. The minimum absolute atomic E-state index is 0.170. The molecule has 2 unspecified atom stereocenters. The Kier molecular flexibility index (Phi) is 7.21. The zero-order valence-electron chi connectivity index (χ0n) is 24.0. The number of amides is 1. The van der Waals surface area contributed by atoms with Crippen LogP contribution in [0.3, 0.4) is 0 Å². The number of nitrogens with one attached hydrogen (secondary N) is 1. The van der Waals surface area contributed by atoms with E-state index in [1.807, 2.05) is 7.05 Å². The van der Waals surface area contributed by atoms with E-state index < -0.39 is 27.6 Å². The van der Waals surface area contributed by atoms with Crippen molar-refractivity contribution >= 4 is 43.7 Å². The highest BCUT2D eigenvalue weighted by Gasteiger charge is 2.34. The minimum atomic E-state index is -3.68. The summed E-state index contributed by atoms with van der Waals surface area (Å²) in [4.78, 5) is 19.8. The van der Waals surface area contributed by atoms with Crippen LogP contribution in [0, 0.1) is 11.6 Å². The van der Waals surface area contributed by atoms with Gasteiger partial charge < -0.3 is 19.1 Å². The number of oxazole rings is 1. The van der Waals surface area contributed by atoms with Gasteiger partial charge in [-0.25, -0.2) is 22.2 Å². The summed E-state index contributed by atoms with van der Waals surface area (Å²) in [6, 6.07) is 13.6. The number of anilines is 1. The monoisotopic (exact) mass is 608 g/mol. The maximum Gasteiger partial charge on any atom is 0.255 e. The number of likely N-dealkylation sites (tertiary alicyclic amines) is 1. The van der Waals surface area contributed by atoms with E-state index in [2.05, 4.69) is 15.2 Å². The molecule has 3 aromatic carbocycles. The van der Waals surface area contributed by atoms with Crippen LogP contribution in [0.1, 0.15) is 40.1 Å². The van der Waals surface area contributed by atoms with Gasteiger partial charge in [0, 0.05) is 50.1 Å². The van der Waals surface area contributed by atoms with Crippen LogP contribution in [0.2, 0.25) is 0 Å². The van der Waals surface area contributed by atoms with Crippen molar-refractivity contribution in [1.29, 1.82) is 0 Å². The van der Waals surface area contributed by atoms with Crippen LogP contribution >= 0.6 is 0 Å². The summed E-state index contributed by atoms with van der Waals surface area (Å²) < 4.78 is 67.0. The number of carbonyl (C=O) groups excluding carboxylic acids is 1. The van der Waals surface area contributed by atoms with Crippen molar-refractivity contribution in [2.45, 2.75) is 18.3 Å². The van der Waals surface area contributed by atoms with Crippen LogP contribution in [0.15, 0.2) is 63.4 Å². The topological polar surface area (TPSA) is 109 Å². The lowest BCUT2D eigenvalue weighted by molar-refractivity contribution is 0.0964. The Bertz CT molecular complexity index is 1970. The average molecular weight is 609 g/mol. The maximum absolute atomic E-state index is 14.4. The molecular formula is C31H30F2N4O5S. The molecule has 0 aliphatic carbocycles. The Hall–Kier alpha value is -4.29. The lowest BCUT2D eigenvalue weighted by Gasteiger charge is -2.36. The normalized spacial score (nSPS) is 17.9. The number of sulfonamides is 1. The SMILES string of the molecule is CNC(=O)c1c(-c2ccc(F)cc2)oc2cc(N(C)S(C)(=O)=O)c(C3CC(c4nc5c(F)cccc5o4)CN(C)C3)cc12. The fourth-order valence-electron chi connectivity index (χ4n) is 5.91. The smallest absolute Gasteiger partial charge is 0.255 e. The zero-order chi connectivity index (χ0) is 30.6. The van der Waals surface area contributed by atoms with E-state index in [1.54, 1.807) is 24.3 Å². The predicted molar refractivity (Wildman–Crippen MR) is 160 cm³/mol. The van der Waals surface area contributed by atoms with Gasteiger partial charge in [-0.15, -0.1) is 0 Å². The number of hydrogen-bond acceptors (Lipinski definition) is 7. The van der Waals surface area contributed by atoms with E-state index in [0.29, 0.717) is 58.8 Å². The minimum Gasteiger partial charge on any atom is -0.455 e. The molecule has 0 spiro atoms. The second kappa shape index (κ2) is 10.8. The Balaban J connectivity index is 1.52. The molecule has 0 radical (unpaired) electrons. The van der Waals surface area contributed by atoms with E-state index >= 15 is 0 Å². The number of para-hydroxylation sites is 1. The zero-order valence-corrected chi connectivity index (χ0v) is 24.8. The Morgan fingerprint density at radius 1 is 1.05 bits per heavy atom. The first-order valence-electron chi connectivity index (χ1n) is 13.7. The standard InChI is InChI=1S/C31H30F2N4O5S/c1-34-30(38)27-22-13-21(18-12-19(16-36(2)15-18)31-35-28-23(33)6-5-7-25(28)42-31)24(37(3)43(4,39)40)14-26(22)41-29(27)17-8-10-20(32)11-9-17/h5-11,13-14,18-19H,12,15-16H2,1-4H3,(H,34,38). The first-order chi connectivity index (χ1) is 20.4. The highest BCUT2D eigenvalue weighted by Crippen LogP contribution is 2.44. The molecule has 9 nitrogen and oxygen atoms in total. The molecule has 0 bridgehead atoms. The molecule has 1 saturated heterocycles. The summed E-state index contributed by atoms with van der Waals surface area (Å²) in [5.41, 5.74) is 2.69. The largest absolute Gasteiger partial charge is 0.455 e. The average Bonchev–Trinajstić information content (AvgIpc) is 3.58. The van der Waals surface area contributed by atoms with Gasteiger partial charge in [-0.1, -0.05) is 6.07 Å². The number of aromatic nitrogens is 1. The van der Waals surface area contributed by atoms with E-state index in [4.69, 9.17) is 8.83 Å². The highest BCUT2D eigenvalue weighted by atomic mass is 32.2. The predicted octanol–water partition coefficient (Wildman–Crippen LogP) is 5.48. The lowest BCUT2D eigenvalue weighted by Crippen LogP contribution is -2.37. The second-order valence-electron chi connectivity index (χ2n) is 11.0. The van der Waals surface area contributed by atoms with Crippen LogP contribution in [0.5, 0.6) is 0 Å². The molecule has 2 aromatic heterocycles. The maximum atomic E-state index is 14.4. The molecule has 1 aliphatic heterocycles. The second-order valence-corrected chi connectivity index (χ2v) is 13.0.